The molecule has 32 heavy (non-hydrogen) atoms. The van der Waals surface area contributed by atoms with Crippen LogP contribution in [-0.4, -0.2) is 59.9 Å². The van der Waals surface area contributed by atoms with Crippen molar-refractivity contribution in [3.63, 3.8) is 0 Å². The Labute approximate surface area is 178 Å². The summed E-state index contributed by atoms with van der Waals surface area (Å²) in [6.45, 7) is -1.41. The van der Waals surface area contributed by atoms with Crippen molar-refractivity contribution < 1.29 is 28.9 Å². The van der Waals surface area contributed by atoms with E-state index < -0.39 is 55.2 Å². The zero-order chi connectivity index (χ0) is 23.2. The molecule has 1 fully saturated rings. The minimum absolute atomic E-state index is 0.222. The van der Waals surface area contributed by atoms with Crippen molar-refractivity contribution in [2.45, 2.75) is 31.3 Å². The fourth-order valence-electron chi connectivity index (χ4n) is 3.51. The number of nitrogens with zero attached hydrogens (tertiary/aromatic N) is 4. The molecule has 1 saturated heterocycles. The predicted octanol–water partition coefficient (Wildman–Crippen LogP) is -1.12. The number of nitrogens with two attached hydrogens (primary N) is 1. The van der Waals surface area contributed by atoms with Gasteiger partial charge in [0.15, 0.2) is 30.3 Å². The highest BCUT2D eigenvalue weighted by Gasteiger charge is 2.46. The van der Waals surface area contributed by atoms with Crippen LogP contribution in [0, 0.1) is 0 Å². The van der Waals surface area contributed by atoms with Gasteiger partial charge < -0.3 is 25.4 Å². The average molecular weight is 449 g/mol. The van der Waals surface area contributed by atoms with E-state index in [1.165, 1.54) is 19.2 Å². The second kappa shape index (κ2) is 8.18. The third-order valence-electron chi connectivity index (χ3n) is 5.27. The highest BCUT2D eigenvalue weighted by Crippen LogP contribution is 2.32. The quantitative estimate of drug-likeness (QED) is 0.409. The Balaban J connectivity index is 1.82. The Morgan fingerprint density at radius 2 is 2.00 bits per heavy atom. The molecule has 4 atom stereocenters. The molecule has 12 nitrogen and oxygen atoms in total. The number of aliphatic hydroxyl groups is 2. The number of carbonyl (C=O) groups excluding carboxylic acids is 1. The van der Waals surface area contributed by atoms with Gasteiger partial charge in [0, 0.05) is 7.05 Å². The van der Waals surface area contributed by atoms with Gasteiger partial charge in [-0.25, -0.2) is 18.5 Å². The summed E-state index contributed by atoms with van der Waals surface area (Å²) >= 11 is 0. The number of esters is 1. The van der Waals surface area contributed by atoms with Gasteiger partial charge in [-0.3, -0.25) is 13.9 Å². The maximum atomic E-state index is 14.3. The van der Waals surface area contributed by atoms with Gasteiger partial charge in [-0.1, -0.05) is 18.2 Å². The first-order chi connectivity index (χ1) is 15.3. The molecule has 2 aromatic heterocycles. The van der Waals surface area contributed by atoms with E-state index >= 15 is 0 Å². The Morgan fingerprint density at radius 1 is 1.31 bits per heavy atom. The van der Waals surface area contributed by atoms with E-state index in [1.54, 1.807) is 18.2 Å². The molecule has 4 N–H and O–H groups in total. The number of ether oxygens (including phenoxy) is 2. The van der Waals surface area contributed by atoms with Crippen molar-refractivity contribution in [3.05, 3.63) is 56.7 Å². The van der Waals surface area contributed by atoms with Crippen molar-refractivity contribution >= 4 is 23.1 Å². The van der Waals surface area contributed by atoms with Gasteiger partial charge in [0.2, 0.25) is 5.95 Å². The number of aliphatic hydroxyl groups excluding tert-OH is 2. The minimum Gasteiger partial charge on any atom is -0.440 e. The number of anilines is 1. The van der Waals surface area contributed by atoms with Crippen LogP contribution in [0.2, 0.25) is 0 Å². The van der Waals surface area contributed by atoms with Crippen LogP contribution >= 0.6 is 0 Å². The molecule has 0 spiro atoms. The molecule has 0 amide bonds. The number of halogens is 1. The van der Waals surface area contributed by atoms with Gasteiger partial charge in [0.1, 0.15) is 12.2 Å². The average Bonchev–Trinajstić information content (AvgIpc) is 3.23. The summed E-state index contributed by atoms with van der Waals surface area (Å²) in [4.78, 5) is 42.3. The number of fused-ring (bicyclic) bond motifs is 1. The van der Waals surface area contributed by atoms with Crippen molar-refractivity contribution in [1.82, 2.24) is 18.7 Å². The van der Waals surface area contributed by atoms with Crippen LogP contribution in [0.25, 0.3) is 11.2 Å². The summed E-state index contributed by atoms with van der Waals surface area (Å²) in [5.41, 5.74) is 3.71. The molecule has 3 aromatic rings. The number of nitrogen functional groups attached to an aromatic ring is 1. The van der Waals surface area contributed by atoms with Crippen LogP contribution in [0.15, 0.2) is 39.9 Å². The molecular weight excluding hydrogens is 429 g/mol. The normalized spacial score (nSPS) is 23.0. The molecule has 1 aromatic carbocycles. The number of alkyl halides is 1. The highest BCUT2D eigenvalue weighted by molar-refractivity contribution is 5.89. The minimum atomic E-state index is -1.99. The van der Waals surface area contributed by atoms with Crippen LogP contribution in [0.3, 0.4) is 0 Å². The van der Waals surface area contributed by atoms with Crippen LogP contribution in [0.1, 0.15) is 16.6 Å². The zero-order valence-corrected chi connectivity index (χ0v) is 16.8. The second-order valence-electron chi connectivity index (χ2n) is 7.20. The van der Waals surface area contributed by atoms with Crippen molar-refractivity contribution in [3.8, 4) is 0 Å². The standard InChI is InChI=1S/C19H20FN5O7/c1-23-15(28)12-14(22-18(23)21)25(16-13(27)11(20)10(7-26)32-16)19(30)24(12)8-31-17(29)9-5-3-2-4-6-9/h2-6,10-11,13,16,26-27H,7-8H2,1H3,(H2,21,22)/t10-,11-,13-,16-/m1/s1. The van der Waals surface area contributed by atoms with Gasteiger partial charge in [-0.2, -0.15) is 4.98 Å². The third-order valence-corrected chi connectivity index (χ3v) is 5.27. The number of carbonyl (C=O) groups is 1. The largest absolute Gasteiger partial charge is 0.440 e. The van der Waals surface area contributed by atoms with E-state index in [2.05, 4.69) is 4.98 Å². The molecule has 1 aliphatic heterocycles. The van der Waals surface area contributed by atoms with E-state index in [-0.39, 0.29) is 22.7 Å². The zero-order valence-electron chi connectivity index (χ0n) is 16.8. The fraction of sp³-hybridized carbons (Fsp3) is 0.368. The molecule has 170 valence electrons. The smallest absolute Gasteiger partial charge is 0.339 e. The fourth-order valence-corrected chi connectivity index (χ4v) is 3.51. The molecule has 4 rings (SSSR count). The second-order valence-corrected chi connectivity index (χ2v) is 7.20. The van der Waals surface area contributed by atoms with Gasteiger partial charge in [0.25, 0.3) is 5.56 Å². The molecule has 0 radical (unpaired) electrons. The molecule has 3 heterocycles. The molecule has 13 heteroatoms. The maximum Gasteiger partial charge on any atom is 0.339 e. The van der Waals surface area contributed by atoms with Gasteiger partial charge in [-0.15, -0.1) is 0 Å². The Morgan fingerprint density at radius 3 is 2.62 bits per heavy atom. The lowest BCUT2D eigenvalue weighted by Gasteiger charge is -2.15. The SMILES string of the molecule is Cn1c(N)nc2c(c1=O)n(COC(=O)c1ccccc1)c(=O)n2[C@@H]1O[C@H](CO)[C@@H](F)[C@H]1O. The molecule has 0 saturated carbocycles. The summed E-state index contributed by atoms with van der Waals surface area (Å²) in [7, 11) is 1.33. The van der Waals surface area contributed by atoms with Crippen molar-refractivity contribution in [2.75, 3.05) is 12.3 Å². The summed E-state index contributed by atoms with van der Waals surface area (Å²) in [5, 5.41) is 19.5. The number of imidazole rings is 1. The van der Waals surface area contributed by atoms with Gasteiger partial charge >= 0.3 is 11.7 Å². The number of hydrogen-bond acceptors (Lipinski definition) is 9. The third kappa shape index (κ3) is 3.36. The lowest BCUT2D eigenvalue weighted by Crippen LogP contribution is -2.34. The monoisotopic (exact) mass is 449 g/mol. The molecule has 0 bridgehead atoms. The number of rotatable bonds is 5. The van der Waals surface area contributed by atoms with Crippen LogP contribution in [0.4, 0.5) is 10.3 Å². The van der Waals surface area contributed by atoms with Crippen LogP contribution in [-0.2, 0) is 23.3 Å². The molecule has 0 unspecified atom stereocenters. The summed E-state index contributed by atoms with van der Waals surface area (Å²) in [6, 6.07) is 7.98. The Bertz CT molecular complexity index is 1290. The van der Waals surface area contributed by atoms with E-state index in [4.69, 9.17) is 15.2 Å². The van der Waals surface area contributed by atoms with Gasteiger partial charge in [0.05, 0.1) is 12.2 Å². The summed E-state index contributed by atoms with van der Waals surface area (Å²) in [6.07, 6.45) is -6.81. The molecular formula is C19H20FN5O7. The summed E-state index contributed by atoms with van der Waals surface area (Å²) in [5.74, 6) is -1.00. The van der Waals surface area contributed by atoms with Crippen LogP contribution < -0.4 is 17.0 Å². The van der Waals surface area contributed by atoms with E-state index in [0.29, 0.717) is 0 Å². The number of benzene rings is 1. The van der Waals surface area contributed by atoms with Gasteiger partial charge in [-0.05, 0) is 12.1 Å². The first-order valence-electron chi connectivity index (χ1n) is 9.54. The number of hydrogen-bond donors (Lipinski definition) is 3. The van der Waals surface area contributed by atoms with E-state index in [9.17, 15) is 29.0 Å². The molecule has 1 aliphatic rings. The topological polar surface area (TPSA) is 164 Å². The predicted molar refractivity (Wildman–Crippen MR) is 107 cm³/mol. The highest BCUT2D eigenvalue weighted by atomic mass is 19.1. The van der Waals surface area contributed by atoms with Crippen LogP contribution in [0.5, 0.6) is 0 Å². The Kier molecular flexibility index (Phi) is 5.54. The first kappa shape index (κ1) is 21.7. The first-order valence-corrected chi connectivity index (χ1v) is 9.54. The van der Waals surface area contributed by atoms with E-state index in [1.807, 2.05) is 0 Å². The maximum absolute atomic E-state index is 14.3. The van der Waals surface area contributed by atoms with E-state index in [0.717, 1.165) is 13.7 Å². The lowest BCUT2D eigenvalue weighted by molar-refractivity contribution is -0.0517. The van der Waals surface area contributed by atoms with Crippen molar-refractivity contribution in [1.29, 1.82) is 0 Å². The Hall–Kier alpha value is -3.55. The molecule has 0 aliphatic carbocycles. The lowest BCUT2D eigenvalue weighted by atomic mass is 10.1. The summed E-state index contributed by atoms with van der Waals surface area (Å²) < 4.78 is 27.3. The number of aromatic nitrogens is 4. The van der Waals surface area contributed by atoms with Crippen molar-refractivity contribution in [2.24, 2.45) is 7.05 Å².